The Labute approximate surface area is 371 Å². The number of rotatable bonds is 4. The van der Waals surface area contributed by atoms with Gasteiger partial charge < -0.3 is 9.13 Å². The molecule has 0 atom stereocenters. The van der Waals surface area contributed by atoms with Crippen molar-refractivity contribution in [2.24, 2.45) is 0 Å². The quantitative estimate of drug-likeness (QED) is 0.166. The molecule has 0 aliphatic carbocycles. The maximum atomic E-state index is 16.6. The molecule has 0 radical (unpaired) electrons. The largest absolute Gasteiger partial charge is 0.308 e. The first-order valence-corrected chi connectivity index (χ1v) is 22.0. The topological polar surface area (TPSA) is 57.6 Å². The second kappa shape index (κ2) is 13.6. The predicted octanol–water partition coefficient (Wildman–Crippen LogP) is 14.3. The molecule has 302 valence electrons. The van der Waals surface area contributed by atoms with Gasteiger partial charge in [0, 0.05) is 49.3 Å². The van der Waals surface area contributed by atoms with E-state index >= 15 is 4.79 Å². The average Bonchev–Trinajstić information content (AvgIpc) is 3.89. The third-order valence-corrected chi connectivity index (χ3v) is 13.4. The second-order valence-corrected chi connectivity index (χ2v) is 16.9. The van der Waals surface area contributed by atoms with Gasteiger partial charge in [0.05, 0.1) is 44.2 Å². The minimum absolute atomic E-state index is 0.194. The summed E-state index contributed by atoms with van der Waals surface area (Å²) in [5.74, 6) is 0.313. The highest BCUT2D eigenvalue weighted by Crippen LogP contribution is 2.43. The van der Waals surface area contributed by atoms with Crippen molar-refractivity contribution in [1.29, 1.82) is 0 Å². The molecule has 0 N–H and O–H groups in total. The monoisotopic (exact) mass is 829 g/mol. The van der Waals surface area contributed by atoms with Crippen LogP contribution in [0, 0.1) is 0 Å². The standard InChI is InChI=1S/C59H35N5O/c65-58-53-45(30-31-46-43-20-9-12-24-51(43)62(55(46)53)41-28-26-36-14-4-6-18-39(36)34-41)48-33-32-47-44-21-10-13-25-52(44)63(42-29-27-37-15-5-7-19-40(37)35-42)56(47)57(48)64(58)59-60-50-23-11-8-22-49(50)54(61-59)38-16-2-1-3-17-38/h1-35H. The number of nitrogens with zero attached hydrogens (tertiary/aromatic N) is 5. The fourth-order valence-electron chi connectivity index (χ4n) is 10.5. The van der Waals surface area contributed by atoms with Crippen molar-refractivity contribution < 1.29 is 0 Å². The summed E-state index contributed by atoms with van der Waals surface area (Å²) in [6.07, 6.45) is 0. The zero-order valence-corrected chi connectivity index (χ0v) is 34.9. The van der Waals surface area contributed by atoms with E-state index < -0.39 is 0 Å². The smallest absolute Gasteiger partial charge is 0.268 e. The molecule has 0 aliphatic heterocycles. The molecular weight excluding hydrogens is 795 g/mol. The van der Waals surface area contributed by atoms with Gasteiger partial charge in [-0.3, -0.25) is 4.79 Å². The van der Waals surface area contributed by atoms with Crippen molar-refractivity contribution in [3.05, 3.63) is 223 Å². The summed E-state index contributed by atoms with van der Waals surface area (Å²) in [4.78, 5) is 27.3. The number of pyridine rings is 1. The zero-order chi connectivity index (χ0) is 42.8. The van der Waals surface area contributed by atoms with Crippen molar-refractivity contribution in [3.63, 3.8) is 0 Å². The number of fused-ring (bicyclic) bond motifs is 14. The van der Waals surface area contributed by atoms with Crippen LogP contribution in [0.4, 0.5) is 0 Å². The molecule has 0 unspecified atom stereocenters. The molecule has 6 nitrogen and oxygen atoms in total. The van der Waals surface area contributed by atoms with Gasteiger partial charge in [0.1, 0.15) is 0 Å². The lowest BCUT2D eigenvalue weighted by Crippen LogP contribution is -2.23. The summed E-state index contributed by atoms with van der Waals surface area (Å²) in [5.41, 5.74) is 8.80. The maximum Gasteiger partial charge on any atom is 0.268 e. The summed E-state index contributed by atoms with van der Waals surface area (Å²) in [7, 11) is 0. The van der Waals surface area contributed by atoms with Crippen LogP contribution in [-0.2, 0) is 0 Å². The van der Waals surface area contributed by atoms with Gasteiger partial charge in [0.25, 0.3) is 5.56 Å². The molecule has 4 heterocycles. The van der Waals surface area contributed by atoms with Crippen molar-refractivity contribution >= 4 is 97.7 Å². The van der Waals surface area contributed by atoms with E-state index in [0.29, 0.717) is 11.3 Å². The number of hydrogen-bond acceptors (Lipinski definition) is 3. The van der Waals surface area contributed by atoms with Crippen LogP contribution in [0.25, 0.3) is 126 Å². The Balaban J connectivity index is 1.22. The van der Waals surface area contributed by atoms with E-state index in [9.17, 15) is 0 Å². The summed E-state index contributed by atoms with van der Waals surface area (Å²) in [6, 6.07) is 74.1. The van der Waals surface area contributed by atoms with Gasteiger partial charge in [-0.25, -0.2) is 14.5 Å². The number of aromatic nitrogens is 5. The van der Waals surface area contributed by atoms with E-state index in [0.717, 1.165) is 115 Å². The van der Waals surface area contributed by atoms with Gasteiger partial charge in [-0.2, -0.15) is 0 Å². The maximum absolute atomic E-state index is 16.6. The van der Waals surface area contributed by atoms with Crippen molar-refractivity contribution in [1.82, 2.24) is 23.7 Å². The molecule has 14 aromatic rings. The molecule has 0 fully saturated rings. The lowest BCUT2D eigenvalue weighted by molar-refractivity contribution is 0.947. The highest BCUT2D eigenvalue weighted by Gasteiger charge is 2.26. The van der Waals surface area contributed by atoms with Crippen molar-refractivity contribution in [2.75, 3.05) is 0 Å². The number of benzene rings is 10. The van der Waals surface area contributed by atoms with E-state index in [2.05, 4.69) is 185 Å². The Kier molecular flexibility index (Phi) is 7.45. The summed E-state index contributed by atoms with van der Waals surface area (Å²) in [5, 5.41) is 12.1. The molecule has 4 aromatic heterocycles. The highest BCUT2D eigenvalue weighted by atomic mass is 16.1. The van der Waals surface area contributed by atoms with Crippen molar-refractivity contribution in [2.45, 2.75) is 0 Å². The fraction of sp³-hybridized carbons (Fsp3) is 0. The second-order valence-electron chi connectivity index (χ2n) is 16.9. The van der Waals surface area contributed by atoms with Crippen LogP contribution < -0.4 is 5.56 Å². The minimum Gasteiger partial charge on any atom is -0.308 e. The Morgan fingerprint density at radius 2 is 0.815 bits per heavy atom. The lowest BCUT2D eigenvalue weighted by Gasteiger charge is -2.18. The highest BCUT2D eigenvalue weighted by molar-refractivity contribution is 6.27. The Bertz CT molecular complexity index is 4390. The third kappa shape index (κ3) is 5.13. The average molecular weight is 830 g/mol. The van der Waals surface area contributed by atoms with E-state index in [4.69, 9.17) is 9.97 Å². The first kappa shape index (κ1) is 35.7. The molecule has 0 saturated carbocycles. The molecule has 10 aromatic carbocycles. The Morgan fingerprint density at radius 3 is 1.46 bits per heavy atom. The lowest BCUT2D eigenvalue weighted by atomic mass is 10.0. The molecule has 0 amide bonds. The molecule has 14 rings (SSSR count). The van der Waals surface area contributed by atoms with Gasteiger partial charge in [-0.15, -0.1) is 0 Å². The summed E-state index contributed by atoms with van der Waals surface area (Å²) >= 11 is 0. The van der Waals surface area contributed by atoms with Gasteiger partial charge in [-0.05, 0) is 69.4 Å². The van der Waals surface area contributed by atoms with Crippen LogP contribution in [0.5, 0.6) is 0 Å². The van der Waals surface area contributed by atoms with E-state index in [1.54, 1.807) is 0 Å². The predicted molar refractivity (Wildman–Crippen MR) is 269 cm³/mol. The Morgan fingerprint density at radius 1 is 0.338 bits per heavy atom. The van der Waals surface area contributed by atoms with Crippen LogP contribution in [0.3, 0.4) is 0 Å². The van der Waals surface area contributed by atoms with E-state index in [-0.39, 0.29) is 5.56 Å². The van der Waals surface area contributed by atoms with Gasteiger partial charge in [-0.1, -0.05) is 170 Å². The SMILES string of the molecule is O=c1c2c(ccc3c4ccccc4n(-c4ccc5ccccc5c4)c32)c2ccc3c4ccccc4n(-c4ccc5ccccc5c4)c3c2n1-c1nc(-c2ccccc2)c2ccccc2n1. The summed E-state index contributed by atoms with van der Waals surface area (Å²) in [6.45, 7) is 0. The Hall–Kier alpha value is -8.87. The number of para-hydroxylation sites is 3. The molecule has 0 bridgehead atoms. The van der Waals surface area contributed by atoms with Crippen LogP contribution in [-0.4, -0.2) is 23.7 Å². The van der Waals surface area contributed by atoms with Crippen LogP contribution >= 0.6 is 0 Å². The molecule has 0 spiro atoms. The molecular formula is C59H35N5O. The molecule has 0 saturated heterocycles. The first-order chi connectivity index (χ1) is 32.2. The molecule has 0 aliphatic rings. The molecule has 6 heteroatoms. The molecule has 65 heavy (non-hydrogen) atoms. The zero-order valence-electron chi connectivity index (χ0n) is 34.9. The van der Waals surface area contributed by atoms with Gasteiger partial charge >= 0.3 is 0 Å². The van der Waals surface area contributed by atoms with Gasteiger partial charge in [0.15, 0.2) is 0 Å². The third-order valence-electron chi connectivity index (χ3n) is 13.4. The van der Waals surface area contributed by atoms with Crippen LogP contribution in [0.15, 0.2) is 217 Å². The minimum atomic E-state index is -0.194. The van der Waals surface area contributed by atoms with Crippen LogP contribution in [0.2, 0.25) is 0 Å². The van der Waals surface area contributed by atoms with E-state index in [1.165, 1.54) is 0 Å². The number of hydrogen-bond donors (Lipinski definition) is 0. The van der Waals surface area contributed by atoms with E-state index in [1.807, 2.05) is 41.0 Å². The first-order valence-electron chi connectivity index (χ1n) is 22.0. The fourth-order valence-corrected chi connectivity index (χ4v) is 10.5. The summed E-state index contributed by atoms with van der Waals surface area (Å²) < 4.78 is 6.42. The van der Waals surface area contributed by atoms with Gasteiger partial charge in [0.2, 0.25) is 5.95 Å². The normalized spacial score (nSPS) is 12.1. The van der Waals surface area contributed by atoms with Crippen molar-refractivity contribution in [3.8, 4) is 28.6 Å². The van der Waals surface area contributed by atoms with Crippen LogP contribution in [0.1, 0.15) is 0 Å².